The predicted octanol–water partition coefficient (Wildman–Crippen LogP) is -0.794. The van der Waals surface area contributed by atoms with Gasteiger partial charge in [-0.05, 0) is 24.1 Å². The standard InChI is InChI=1S/C22H29N7O5/c1-28(2)19-17-20(25-10-24-19)29(11-26-17)22-18(31)16(15(9-30)34-22)27-21(32)14(23)8-12-4-6-13(33-3)7-5-12/h4-7,10-11,14-16,18,22,30-31H,8-9,23H2,1-3H3,(H,27,32)/t14-,15+,16+,18+,22+/m0/s1/i4+2,5+2,6+2,7+2,8+2,12+2,13+2,14+2,21+2. The van der Waals surface area contributed by atoms with Gasteiger partial charge in [-0.2, -0.15) is 0 Å². The van der Waals surface area contributed by atoms with E-state index in [1.807, 2.05) is 26.2 Å². The third kappa shape index (κ3) is 4.53. The number of hydrogen-bond donors (Lipinski definition) is 4. The van der Waals surface area contributed by atoms with Gasteiger partial charge in [-0.3, -0.25) is 9.36 Å². The number of benzene rings is 1. The van der Waals surface area contributed by atoms with Crippen molar-refractivity contribution in [2.24, 2.45) is 5.73 Å². The highest BCUT2D eigenvalue weighted by atomic mass is 16.7. The molecule has 3 aromatic rings. The summed E-state index contributed by atoms with van der Waals surface area (Å²) in [6, 6.07) is 5.52. The van der Waals surface area contributed by atoms with E-state index in [1.165, 1.54) is 12.7 Å². The summed E-state index contributed by atoms with van der Waals surface area (Å²) in [5.41, 5.74) is 7.98. The molecule has 0 radical (unpaired) electrons. The molecule has 3 heterocycles. The number of carbonyl (C=O) groups excluding carboxylic acids is 1. The van der Waals surface area contributed by atoms with Gasteiger partial charge in [0.05, 0.1) is 32.1 Å². The van der Waals surface area contributed by atoms with Gasteiger partial charge in [-0.25, -0.2) is 15.0 Å². The maximum absolute atomic E-state index is 12.8. The third-order valence-corrected chi connectivity index (χ3v) is 5.85. The molecule has 2 aromatic heterocycles. The van der Waals surface area contributed by atoms with Crippen molar-refractivity contribution in [3.63, 3.8) is 0 Å². The first-order chi connectivity index (χ1) is 16.3. The van der Waals surface area contributed by atoms with E-state index in [-0.39, 0.29) is 0 Å². The van der Waals surface area contributed by atoms with E-state index in [0.717, 1.165) is 5.56 Å². The van der Waals surface area contributed by atoms with Crippen molar-refractivity contribution in [1.82, 2.24) is 24.8 Å². The van der Waals surface area contributed by atoms with Crippen LogP contribution in [0.1, 0.15) is 11.8 Å². The number of methoxy groups -OCH3 is 1. The molecule has 1 aliphatic heterocycles. The van der Waals surface area contributed by atoms with Crippen LogP contribution < -0.4 is 20.7 Å². The highest BCUT2D eigenvalue weighted by Gasteiger charge is 2.46. The van der Waals surface area contributed by atoms with Gasteiger partial charge < -0.3 is 35.6 Å². The smallest absolute Gasteiger partial charge is 0.237 e. The van der Waals surface area contributed by atoms with Crippen molar-refractivity contribution in [3.8, 4) is 5.75 Å². The number of anilines is 1. The molecule has 12 nitrogen and oxygen atoms in total. The molecule has 1 amide bonds. The van der Waals surface area contributed by atoms with Crippen LogP contribution in [-0.2, 0) is 16.0 Å². The highest BCUT2D eigenvalue weighted by molar-refractivity contribution is 5.83. The SMILES string of the molecule is CO[14c]1[14cH][14cH][14c]([14CH2][14C@H](N)[14C](=O)N[C@H]2[C@@H](O)[C@H](n3cnc4c(N(C)C)ncnc43)O[C@@H]2CO)[14cH][14cH]1. The monoisotopic (exact) mass is 489 g/mol. The minimum atomic E-state index is -1.18. The molecule has 1 aliphatic rings. The Balaban J connectivity index is 1.49. The van der Waals surface area contributed by atoms with E-state index < -0.39 is 43.0 Å². The van der Waals surface area contributed by atoms with Gasteiger partial charge in [0.25, 0.3) is 0 Å². The summed E-state index contributed by atoms with van der Waals surface area (Å²) in [7, 11) is 5.25. The first kappa shape index (κ1) is 23.8. The summed E-state index contributed by atoms with van der Waals surface area (Å²) in [4.78, 5) is 27.5. The number of hydrogen-bond acceptors (Lipinski definition) is 10. The second-order valence-corrected chi connectivity index (χ2v) is 8.35. The molecule has 0 spiro atoms. The van der Waals surface area contributed by atoms with E-state index in [4.69, 9.17) is 15.2 Å². The lowest BCUT2D eigenvalue weighted by molar-refractivity contribution is -0.124. The normalized spacial score (nSPS) is 23.1. The van der Waals surface area contributed by atoms with E-state index in [9.17, 15) is 15.0 Å². The number of nitrogens with two attached hydrogens (primary N) is 1. The molecule has 1 saturated heterocycles. The summed E-state index contributed by atoms with van der Waals surface area (Å²) >= 11 is 0. The van der Waals surface area contributed by atoms with Crippen molar-refractivity contribution in [1.29, 1.82) is 0 Å². The molecule has 182 valence electrons. The van der Waals surface area contributed by atoms with Crippen LogP contribution in [0.2, 0.25) is 0 Å². The van der Waals surface area contributed by atoms with Gasteiger partial charge >= 0.3 is 0 Å². The van der Waals surface area contributed by atoms with Gasteiger partial charge in [0, 0.05) is 14.1 Å². The van der Waals surface area contributed by atoms with Crippen molar-refractivity contribution in [2.75, 3.05) is 32.7 Å². The zero-order valence-corrected chi connectivity index (χ0v) is 19.2. The Labute approximate surface area is 196 Å². The predicted molar refractivity (Wildman–Crippen MR) is 123 cm³/mol. The molecule has 1 aromatic carbocycles. The molecule has 5 atom stereocenters. The van der Waals surface area contributed by atoms with Crippen molar-refractivity contribution in [3.05, 3.63) is 42.5 Å². The third-order valence-electron chi connectivity index (χ3n) is 5.85. The number of ether oxygens (including phenoxy) is 2. The molecule has 0 saturated carbocycles. The molecule has 0 aliphatic carbocycles. The fraction of sp³-hybridized carbons (Fsp3) is 0.455. The Morgan fingerprint density at radius 1 is 1.38 bits per heavy atom. The Hall–Kier alpha value is -3.32. The maximum Gasteiger partial charge on any atom is 0.237 e. The molecule has 5 N–H and O–H groups in total. The van der Waals surface area contributed by atoms with Crippen LogP contribution in [0.3, 0.4) is 0 Å². The van der Waals surface area contributed by atoms with Crippen LogP contribution in [0.5, 0.6) is 5.75 Å². The number of nitrogens with zero attached hydrogens (tertiary/aromatic N) is 5. The zero-order valence-electron chi connectivity index (χ0n) is 19.2. The molecule has 1 fully saturated rings. The number of aromatic nitrogens is 4. The average Bonchev–Trinajstić information content (AvgIpc) is 3.40. The van der Waals surface area contributed by atoms with Crippen LogP contribution >= 0.6 is 0 Å². The Kier molecular flexibility index (Phi) is 6.93. The van der Waals surface area contributed by atoms with Gasteiger partial charge in [0.1, 0.15) is 24.3 Å². The minimum absolute atomic E-state index is 0.295. The number of imidazole rings is 1. The Bertz CT molecular complexity index is 1140. The minimum Gasteiger partial charge on any atom is -0.497 e. The van der Waals surface area contributed by atoms with Gasteiger partial charge in [-0.15, -0.1) is 0 Å². The van der Waals surface area contributed by atoms with E-state index in [2.05, 4.69) is 20.3 Å². The van der Waals surface area contributed by atoms with Crippen molar-refractivity contribution < 1.29 is 24.5 Å². The van der Waals surface area contributed by atoms with Crippen LogP contribution in [0.15, 0.2) is 36.9 Å². The molecule has 4 rings (SSSR count). The summed E-state index contributed by atoms with van der Waals surface area (Å²) in [6.45, 7) is -0.406. The summed E-state index contributed by atoms with van der Waals surface area (Å²) in [5.74, 6) is 0.861. The zero-order chi connectivity index (χ0) is 24.4. The number of nitrogens with one attached hydrogen (secondary N) is 1. The molecule has 0 unspecified atom stereocenters. The number of aliphatic hydroxyl groups is 2. The summed E-state index contributed by atoms with van der Waals surface area (Å²) < 4.78 is 12.6. The first-order valence-corrected chi connectivity index (χ1v) is 10.8. The average molecular weight is 489 g/mol. The number of amides is 1. The second-order valence-electron chi connectivity index (χ2n) is 8.35. The quantitative estimate of drug-likeness (QED) is 0.316. The summed E-state index contributed by atoms with van der Waals surface area (Å²) in [5, 5.41) is 23.6. The highest BCUT2D eigenvalue weighted by Crippen LogP contribution is 2.32. The van der Waals surface area contributed by atoms with Crippen molar-refractivity contribution in [2.45, 2.75) is 36.9 Å². The Morgan fingerprint density at radius 3 is 2.76 bits per heavy atom. The summed E-state index contributed by atoms with van der Waals surface area (Å²) in [6.07, 6.45) is 0.250. The van der Waals surface area contributed by atoms with Crippen LogP contribution in [-0.4, -0.2) is 87.7 Å². The number of carbonyl (C=O) groups is 1. The first-order valence-electron chi connectivity index (χ1n) is 10.8. The molecule has 0 bridgehead atoms. The van der Waals surface area contributed by atoms with Gasteiger partial charge in [-0.1, -0.05) is 12.1 Å². The fourth-order valence-corrected chi connectivity index (χ4v) is 4.04. The van der Waals surface area contributed by atoms with Crippen LogP contribution in [0.25, 0.3) is 11.2 Å². The molecular weight excluding hydrogens is 460 g/mol. The number of fused-ring (bicyclic) bond motifs is 1. The van der Waals surface area contributed by atoms with Gasteiger partial charge in [0.2, 0.25) is 5.91 Å². The topological polar surface area (TPSA) is 161 Å². The largest absolute Gasteiger partial charge is 0.497 e. The molecule has 34 heavy (non-hydrogen) atoms. The van der Waals surface area contributed by atoms with Crippen LogP contribution in [0.4, 0.5) is 5.82 Å². The lowest BCUT2D eigenvalue weighted by atomic mass is 10.1. The number of aliphatic hydroxyl groups excluding tert-OH is 2. The maximum atomic E-state index is 12.8. The van der Waals surface area contributed by atoms with Gasteiger partial charge in [0.15, 0.2) is 23.2 Å². The number of rotatable bonds is 8. The molecular formula is C22H29N7O5. The van der Waals surface area contributed by atoms with E-state index in [0.29, 0.717) is 29.2 Å². The molecule has 12 heteroatoms. The Morgan fingerprint density at radius 2 is 2.12 bits per heavy atom. The second kappa shape index (κ2) is 9.89. The fourth-order valence-electron chi connectivity index (χ4n) is 4.04. The lowest BCUT2D eigenvalue weighted by Gasteiger charge is -2.23. The van der Waals surface area contributed by atoms with E-state index >= 15 is 0 Å². The lowest BCUT2D eigenvalue weighted by Crippen LogP contribution is -2.53. The van der Waals surface area contributed by atoms with E-state index in [1.54, 1.807) is 28.7 Å². The van der Waals surface area contributed by atoms with Crippen molar-refractivity contribution >= 4 is 22.9 Å². The van der Waals surface area contributed by atoms with Crippen LogP contribution in [0, 0.1) is 0 Å².